The van der Waals surface area contributed by atoms with Gasteiger partial charge < -0.3 is 20.3 Å². The highest BCUT2D eigenvalue weighted by atomic mass is 32.1. The van der Waals surface area contributed by atoms with Crippen LogP contribution in [0.15, 0.2) is 0 Å². The highest BCUT2D eigenvalue weighted by Gasteiger charge is 2.23. The molecule has 1 aliphatic rings. The largest absolute Gasteiger partial charge is 0.444 e. The lowest BCUT2D eigenvalue weighted by Gasteiger charge is -2.21. The zero-order chi connectivity index (χ0) is 17.2. The van der Waals surface area contributed by atoms with Crippen LogP contribution in [-0.2, 0) is 22.5 Å². The second-order valence-electron chi connectivity index (χ2n) is 6.73. The van der Waals surface area contributed by atoms with Crippen LogP contribution in [0.2, 0.25) is 0 Å². The van der Waals surface area contributed by atoms with Gasteiger partial charge in [-0.2, -0.15) is 0 Å². The fraction of sp³-hybridized carbons (Fsp3) is 0.667. The Hall–Kier alpha value is -1.67. The summed E-state index contributed by atoms with van der Waals surface area (Å²) < 4.78 is 5.14. The molecule has 8 heteroatoms. The fourth-order valence-electron chi connectivity index (χ4n) is 2.14. The third-order valence-corrected chi connectivity index (χ3v) is 4.28. The molecular weight excluding hydrogens is 316 g/mol. The van der Waals surface area contributed by atoms with Crippen molar-refractivity contribution in [3.63, 3.8) is 0 Å². The second-order valence-corrected chi connectivity index (χ2v) is 7.82. The molecule has 2 amide bonds. The number of thiazole rings is 1. The van der Waals surface area contributed by atoms with Gasteiger partial charge in [-0.25, -0.2) is 9.78 Å². The standard InChI is InChI=1S/C15H24N4O3S/c1-9(16-14(21)22-15(2,3)4)12(20)18-13-17-10-6-7-19(5)8-11(10)23-13/h9H,6-8H2,1-5H3,(H,16,21)(H,17,18,20). The Labute approximate surface area is 140 Å². The maximum atomic E-state index is 12.2. The summed E-state index contributed by atoms with van der Waals surface area (Å²) in [6, 6.07) is -0.701. The van der Waals surface area contributed by atoms with Gasteiger partial charge >= 0.3 is 6.09 Å². The van der Waals surface area contributed by atoms with E-state index in [0.717, 1.165) is 25.2 Å². The van der Waals surface area contributed by atoms with Crippen molar-refractivity contribution in [3.8, 4) is 0 Å². The Kier molecular flexibility index (Phi) is 5.26. The SMILES string of the molecule is CC(NC(=O)OC(C)(C)C)C(=O)Nc1nc2c(s1)CN(C)CC2. The average Bonchev–Trinajstić information content (AvgIpc) is 2.77. The lowest BCUT2D eigenvalue weighted by Crippen LogP contribution is -2.43. The molecule has 2 heterocycles. The lowest BCUT2D eigenvalue weighted by molar-refractivity contribution is -0.117. The van der Waals surface area contributed by atoms with Gasteiger partial charge in [-0.1, -0.05) is 0 Å². The van der Waals surface area contributed by atoms with Gasteiger partial charge in [0.05, 0.1) is 5.69 Å². The summed E-state index contributed by atoms with van der Waals surface area (Å²) in [5, 5.41) is 5.86. The van der Waals surface area contributed by atoms with E-state index in [1.165, 1.54) is 16.2 Å². The number of rotatable bonds is 3. The van der Waals surface area contributed by atoms with Gasteiger partial charge in [0.25, 0.3) is 0 Å². The first-order chi connectivity index (χ1) is 10.6. The van der Waals surface area contributed by atoms with Crippen LogP contribution in [-0.4, -0.2) is 47.1 Å². The highest BCUT2D eigenvalue weighted by Crippen LogP contribution is 2.27. The summed E-state index contributed by atoms with van der Waals surface area (Å²) in [5.74, 6) is -0.310. The van der Waals surface area contributed by atoms with E-state index in [1.807, 2.05) is 0 Å². The van der Waals surface area contributed by atoms with Gasteiger partial charge in [-0.15, -0.1) is 11.3 Å². The van der Waals surface area contributed by atoms with Crippen molar-refractivity contribution in [2.75, 3.05) is 18.9 Å². The molecule has 2 N–H and O–H groups in total. The number of alkyl carbamates (subject to hydrolysis) is 1. The monoisotopic (exact) mass is 340 g/mol. The highest BCUT2D eigenvalue weighted by molar-refractivity contribution is 7.15. The molecule has 1 unspecified atom stereocenters. The number of ether oxygens (including phenoxy) is 1. The number of hydrogen-bond donors (Lipinski definition) is 2. The predicted molar refractivity (Wildman–Crippen MR) is 89.6 cm³/mol. The summed E-state index contributed by atoms with van der Waals surface area (Å²) in [5.41, 5.74) is 0.455. The van der Waals surface area contributed by atoms with E-state index >= 15 is 0 Å². The molecule has 0 aromatic carbocycles. The van der Waals surface area contributed by atoms with Crippen LogP contribution in [0.1, 0.15) is 38.3 Å². The normalized spacial score (nSPS) is 16.4. The Bertz CT molecular complexity index is 594. The first-order valence-corrected chi connectivity index (χ1v) is 8.43. The molecule has 23 heavy (non-hydrogen) atoms. The Morgan fingerprint density at radius 3 is 2.74 bits per heavy atom. The van der Waals surface area contributed by atoms with E-state index in [9.17, 15) is 9.59 Å². The first kappa shape index (κ1) is 17.7. The number of amides is 2. The molecule has 1 aromatic rings. The van der Waals surface area contributed by atoms with E-state index in [1.54, 1.807) is 27.7 Å². The fourth-order valence-corrected chi connectivity index (χ4v) is 3.23. The average molecular weight is 340 g/mol. The number of carbonyl (C=O) groups is 2. The molecule has 128 valence electrons. The summed E-state index contributed by atoms with van der Waals surface area (Å²) in [7, 11) is 2.06. The van der Waals surface area contributed by atoms with Crippen LogP contribution in [0.25, 0.3) is 0 Å². The molecule has 1 atom stereocenters. The smallest absolute Gasteiger partial charge is 0.408 e. The van der Waals surface area contributed by atoms with Gasteiger partial charge in [-0.3, -0.25) is 4.79 Å². The van der Waals surface area contributed by atoms with Gasteiger partial charge in [-0.05, 0) is 34.7 Å². The molecule has 0 radical (unpaired) electrons. The topological polar surface area (TPSA) is 83.6 Å². The quantitative estimate of drug-likeness (QED) is 0.879. The van der Waals surface area contributed by atoms with Crippen molar-refractivity contribution in [2.45, 2.75) is 52.3 Å². The third-order valence-electron chi connectivity index (χ3n) is 3.28. The number of nitrogens with zero attached hydrogens (tertiary/aromatic N) is 2. The predicted octanol–water partition coefficient (Wildman–Crippen LogP) is 1.98. The van der Waals surface area contributed by atoms with Crippen molar-refractivity contribution < 1.29 is 14.3 Å². The molecule has 0 bridgehead atoms. The molecule has 0 saturated heterocycles. The minimum atomic E-state index is -0.701. The van der Waals surface area contributed by atoms with Crippen molar-refractivity contribution in [1.29, 1.82) is 0 Å². The van der Waals surface area contributed by atoms with Crippen molar-refractivity contribution >= 4 is 28.5 Å². The maximum Gasteiger partial charge on any atom is 0.408 e. The number of likely N-dealkylation sites (N-methyl/N-ethyl adjacent to an activating group) is 1. The number of hydrogen-bond acceptors (Lipinski definition) is 6. The number of anilines is 1. The molecule has 0 saturated carbocycles. The van der Waals surface area contributed by atoms with Gasteiger partial charge in [0.1, 0.15) is 11.6 Å². The summed E-state index contributed by atoms with van der Waals surface area (Å²) in [6.07, 6.45) is 0.282. The van der Waals surface area contributed by atoms with E-state index in [-0.39, 0.29) is 5.91 Å². The molecule has 0 fully saturated rings. The Morgan fingerprint density at radius 2 is 2.09 bits per heavy atom. The molecule has 7 nitrogen and oxygen atoms in total. The second kappa shape index (κ2) is 6.84. The van der Waals surface area contributed by atoms with Gasteiger partial charge in [0, 0.05) is 24.4 Å². The number of carbonyl (C=O) groups excluding carboxylic acids is 2. The molecular formula is C15H24N4O3S. The molecule has 2 rings (SSSR count). The van der Waals surface area contributed by atoms with E-state index in [0.29, 0.717) is 5.13 Å². The first-order valence-electron chi connectivity index (χ1n) is 7.61. The molecule has 1 aliphatic heterocycles. The van der Waals surface area contributed by atoms with Crippen LogP contribution in [0.3, 0.4) is 0 Å². The van der Waals surface area contributed by atoms with Crippen LogP contribution < -0.4 is 10.6 Å². The lowest BCUT2D eigenvalue weighted by atomic mass is 10.2. The molecule has 0 spiro atoms. The van der Waals surface area contributed by atoms with E-state index < -0.39 is 17.7 Å². The zero-order valence-electron chi connectivity index (χ0n) is 14.2. The number of aromatic nitrogens is 1. The maximum absolute atomic E-state index is 12.2. The zero-order valence-corrected chi connectivity index (χ0v) is 15.0. The van der Waals surface area contributed by atoms with Crippen LogP contribution in [0, 0.1) is 0 Å². The van der Waals surface area contributed by atoms with Crippen molar-refractivity contribution in [2.24, 2.45) is 0 Å². The van der Waals surface area contributed by atoms with Crippen LogP contribution in [0.5, 0.6) is 0 Å². The molecule has 1 aromatic heterocycles. The Morgan fingerprint density at radius 1 is 1.39 bits per heavy atom. The van der Waals surface area contributed by atoms with Crippen molar-refractivity contribution in [3.05, 3.63) is 10.6 Å². The van der Waals surface area contributed by atoms with Crippen LogP contribution >= 0.6 is 11.3 Å². The third kappa shape index (κ3) is 5.18. The van der Waals surface area contributed by atoms with Crippen molar-refractivity contribution in [1.82, 2.24) is 15.2 Å². The van der Waals surface area contributed by atoms with E-state index in [2.05, 4.69) is 27.6 Å². The number of fused-ring (bicyclic) bond motifs is 1. The van der Waals surface area contributed by atoms with Gasteiger partial charge in [0.2, 0.25) is 5.91 Å². The minimum absolute atomic E-state index is 0.310. The van der Waals surface area contributed by atoms with Crippen LogP contribution in [0.4, 0.5) is 9.93 Å². The van der Waals surface area contributed by atoms with Gasteiger partial charge in [0.15, 0.2) is 5.13 Å². The number of nitrogens with one attached hydrogen (secondary N) is 2. The van der Waals surface area contributed by atoms with E-state index in [4.69, 9.17) is 4.74 Å². The summed E-state index contributed by atoms with van der Waals surface area (Å²) in [4.78, 5) is 31.7. The Balaban J connectivity index is 1.90. The summed E-state index contributed by atoms with van der Waals surface area (Å²) >= 11 is 1.49. The minimum Gasteiger partial charge on any atom is -0.444 e. The summed E-state index contributed by atoms with van der Waals surface area (Å²) in [6.45, 7) is 8.76. The molecule has 0 aliphatic carbocycles.